The number of nitrogens with two attached hydrogens (primary N) is 1. The monoisotopic (exact) mass is 525 g/mol. The lowest BCUT2D eigenvalue weighted by atomic mass is 10.1. The number of rotatable bonds is 1. The Labute approximate surface area is 177 Å². The van der Waals surface area contributed by atoms with Crippen LogP contribution in [0.2, 0.25) is 0 Å². The van der Waals surface area contributed by atoms with Gasteiger partial charge in [0.05, 0.1) is 11.2 Å². The minimum absolute atomic E-state index is 0. The molecular formula is C17H16Br2ClF2N3S. The standard InChI is InChI=1S/C11H9BrFNS.C6H6BrFN2.ClH/c12-9-4-6(13)3-7-8-5-15-2-1-10(8)14-11(7)9;7-5-3-4(8)1-2-6(5)10-9;/h3-4,14H,1-2,5H2;1-3,10H,9H2;1H. The number of benzene rings is 2. The summed E-state index contributed by atoms with van der Waals surface area (Å²) in [6.45, 7) is 0. The van der Waals surface area contributed by atoms with Gasteiger partial charge in [-0.15, -0.1) is 12.4 Å². The average Bonchev–Trinajstić information content (AvgIpc) is 2.95. The first-order valence-electron chi connectivity index (χ1n) is 7.47. The minimum atomic E-state index is -0.286. The summed E-state index contributed by atoms with van der Waals surface area (Å²) in [5.74, 6) is 6.78. The maximum Gasteiger partial charge on any atom is 0.125 e. The number of aromatic amines is 1. The number of halogens is 5. The van der Waals surface area contributed by atoms with Crippen molar-refractivity contribution in [1.29, 1.82) is 0 Å². The summed E-state index contributed by atoms with van der Waals surface area (Å²) in [7, 11) is 0. The van der Waals surface area contributed by atoms with Gasteiger partial charge in [0.1, 0.15) is 11.6 Å². The first kappa shape index (κ1) is 21.5. The second kappa shape index (κ2) is 9.41. The molecule has 0 unspecified atom stereocenters. The van der Waals surface area contributed by atoms with Gasteiger partial charge in [-0.05, 0) is 79.9 Å². The van der Waals surface area contributed by atoms with Crippen LogP contribution in [0.15, 0.2) is 39.3 Å². The number of hydrazine groups is 1. The number of H-pyrrole nitrogens is 1. The van der Waals surface area contributed by atoms with Crippen molar-refractivity contribution in [3.63, 3.8) is 0 Å². The molecule has 4 rings (SSSR count). The van der Waals surface area contributed by atoms with Crippen LogP contribution in [-0.4, -0.2) is 10.7 Å². The average molecular weight is 528 g/mol. The molecule has 0 spiro atoms. The topological polar surface area (TPSA) is 53.8 Å². The highest BCUT2D eigenvalue weighted by Crippen LogP contribution is 2.34. The highest BCUT2D eigenvalue weighted by atomic mass is 79.9. The van der Waals surface area contributed by atoms with Crippen molar-refractivity contribution in [1.82, 2.24) is 4.98 Å². The van der Waals surface area contributed by atoms with Crippen LogP contribution in [0.25, 0.3) is 10.9 Å². The van der Waals surface area contributed by atoms with E-state index in [1.807, 2.05) is 11.8 Å². The summed E-state index contributed by atoms with van der Waals surface area (Å²) in [5.41, 5.74) is 6.66. The fourth-order valence-electron chi connectivity index (χ4n) is 2.66. The van der Waals surface area contributed by atoms with Crippen molar-refractivity contribution in [2.75, 3.05) is 11.2 Å². The zero-order valence-corrected chi connectivity index (χ0v) is 18.2. The van der Waals surface area contributed by atoms with Crippen LogP contribution >= 0.6 is 56.0 Å². The summed E-state index contributed by atoms with van der Waals surface area (Å²) in [6.07, 6.45) is 1.06. The number of nitrogens with one attached hydrogen (secondary N) is 2. The molecule has 1 aliphatic heterocycles. The molecule has 0 amide bonds. The van der Waals surface area contributed by atoms with Crippen molar-refractivity contribution in [2.45, 2.75) is 12.2 Å². The number of hydrogen-bond donors (Lipinski definition) is 3. The maximum absolute atomic E-state index is 13.3. The smallest absolute Gasteiger partial charge is 0.125 e. The third-order valence-corrected chi connectivity index (χ3v) is 6.12. The van der Waals surface area contributed by atoms with Gasteiger partial charge < -0.3 is 10.4 Å². The lowest BCUT2D eigenvalue weighted by Gasteiger charge is -2.10. The number of aromatic nitrogens is 1. The molecule has 0 bridgehead atoms. The van der Waals surface area contributed by atoms with Gasteiger partial charge in [-0.1, -0.05) is 0 Å². The highest BCUT2D eigenvalue weighted by molar-refractivity contribution is 9.11. The van der Waals surface area contributed by atoms with Crippen molar-refractivity contribution in [2.24, 2.45) is 5.84 Å². The Hall–Kier alpha value is -0.800. The maximum atomic E-state index is 13.3. The molecule has 0 radical (unpaired) electrons. The molecule has 0 fully saturated rings. The van der Waals surface area contributed by atoms with E-state index in [9.17, 15) is 8.78 Å². The van der Waals surface area contributed by atoms with Gasteiger partial charge in [0, 0.05) is 25.8 Å². The van der Waals surface area contributed by atoms with E-state index in [0.717, 1.165) is 33.3 Å². The van der Waals surface area contributed by atoms with Crippen molar-refractivity contribution in [3.05, 3.63) is 62.2 Å². The van der Waals surface area contributed by atoms with E-state index >= 15 is 0 Å². The van der Waals surface area contributed by atoms with Crippen LogP contribution in [0.1, 0.15) is 11.3 Å². The third kappa shape index (κ3) is 4.72. The summed E-state index contributed by atoms with van der Waals surface area (Å²) in [4.78, 5) is 3.38. The SMILES string of the molecule is Cl.Fc1cc(Br)c2[nH]c3c(c2c1)CSCC3.NNc1ccc(F)cc1Br. The number of nitrogen functional groups attached to an aromatic ring is 1. The van der Waals surface area contributed by atoms with Crippen LogP contribution in [0.3, 0.4) is 0 Å². The van der Waals surface area contributed by atoms with Crippen LogP contribution < -0.4 is 11.3 Å². The quantitative estimate of drug-likeness (QED) is 0.263. The molecule has 1 aromatic heterocycles. The molecule has 3 aromatic rings. The van der Waals surface area contributed by atoms with Gasteiger partial charge in [0.15, 0.2) is 0 Å². The van der Waals surface area contributed by atoms with E-state index in [0.29, 0.717) is 10.2 Å². The molecule has 0 saturated heterocycles. The van der Waals surface area contributed by atoms with Gasteiger partial charge in [0.25, 0.3) is 0 Å². The third-order valence-electron chi connectivity index (χ3n) is 3.85. The van der Waals surface area contributed by atoms with E-state index < -0.39 is 0 Å². The van der Waals surface area contributed by atoms with Crippen LogP contribution in [-0.2, 0) is 12.2 Å². The molecule has 4 N–H and O–H groups in total. The second-order valence-corrected chi connectivity index (χ2v) is 8.28. The van der Waals surface area contributed by atoms with Gasteiger partial charge in [-0.2, -0.15) is 11.8 Å². The van der Waals surface area contributed by atoms with Crippen molar-refractivity contribution >= 4 is 72.6 Å². The van der Waals surface area contributed by atoms with Gasteiger partial charge in [-0.25, -0.2) is 8.78 Å². The van der Waals surface area contributed by atoms with Crippen LogP contribution in [0.4, 0.5) is 14.5 Å². The Morgan fingerprint density at radius 2 is 1.81 bits per heavy atom. The molecule has 2 aromatic carbocycles. The van der Waals surface area contributed by atoms with Gasteiger partial charge in [-0.3, -0.25) is 5.84 Å². The lowest BCUT2D eigenvalue weighted by Crippen LogP contribution is -2.07. The summed E-state index contributed by atoms with van der Waals surface area (Å²) in [6, 6.07) is 7.37. The highest BCUT2D eigenvalue weighted by Gasteiger charge is 2.17. The number of anilines is 1. The summed E-state index contributed by atoms with van der Waals surface area (Å²) < 4.78 is 27.1. The first-order valence-corrected chi connectivity index (χ1v) is 10.2. The van der Waals surface area contributed by atoms with E-state index in [1.54, 1.807) is 12.1 Å². The summed E-state index contributed by atoms with van der Waals surface area (Å²) >= 11 is 8.43. The molecule has 0 saturated carbocycles. The molecule has 140 valence electrons. The summed E-state index contributed by atoms with van der Waals surface area (Å²) in [5, 5.41) is 1.03. The molecule has 2 heterocycles. The number of hydrogen-bond acceptors (Lipinski definition) is 3. The first-order chi connectivity index (χ1) is 12.0. The Morgan fingerprint density at radius 3 is 2.50 bits per heavy atom. The normalized spacial score (nSPS) is 12.7. The Balaban J connectivity index is 0.000000195. The molecule has 0 atom stereocenters. The minimum Gasteiger partial charge on any atom is -0.357 e. The van der Waals surface area contributed by atoms with Gasteiger partial charge >= 0.3 is 0 Å². The predicted molar refractivity (Wildman–Crippen MR) is 115 cm³/mol. The number of thioether (sulfide) groups is 1. The molecule has 3 nitrogen and oxygen atoms in total. The number of fused-ring (bicyclic) bond motifs is 3. The second-order valence-electron chi connectivity index (χ2n) is 5.46. The largest absolute Gasteiger partial charge is 0.357 e. The van der Waals surface area contributed by atoms with Crippen molar-refractivity contribution < 1.29 is 8.78 Å². The number of aryl methyl sites for hydroxylation is 1. The zero-order valence-electron chi connectivity index (χ0n) is 13.4. The fourth-order valence-corrected chi connectivity index (χ4v) is 4.68. The van der Waals surface area contributed by atoms with Crippen LogP contribution in [0, 0.1) is 11.6 Å². The molecule has 0 aliphatic carbocycles. The van der Waals surface area contributed by atoms with E-state index in [1.165, 1.54) is 29.5 Å². The zero-order chi connectivity index (χ0) is 18.0. The van der Waals surface area contributed by atoms with Gasteiger partial charge in [0.2, 0.25) is 0 Å². The lowest BCUT2D eigenvalue weighted by molar-refractivity contribution is 0.627. The van der Waals surface area contributed by atoms with E-state index in [4.69, 9.17) is 5.84 Å². The Bertz CT molecular complexity index is 921. The molecule has 26 heavy (non-hydrogen) atoms. The molecule has 9 heteroatoms. The Kier molecular flexibility index (Phi) is 7.78. The fraction of sp³-hybridized carbons (Fsp3) is 0.176. The van der Waals surface area contributed by atoms with E-state index in [-0.39, 0.29) is 24.0 Å². The van der Waals surface area contributed by atoms with E-state index in [2.05, 4.69) is 42.3 Å². The predicted octanol–water partition coefficient (Wildman–Crippen LogP) is 6.15. The molecule has 1 aliphatic rings. The molecular weight excluding hydrogens is 512 g/mol. The Morgan fingerprint density at radius 1 is 1.08 bits per heavy atom. The van der Waals surface area contributed by atoms with Crippen LogP contribution in [0.5, 0.6) is 0 Å². The van der Waals surface area contributed by atoms with Crippen molar-refractivity contribution in [3.8, 4) is 0 Å².